The lowest BCUT2D eigenvalue weighted by atomic mass is 10.2. The number of nitrogens with two attached hydrogens (primary N) is 1. The molecule has 0 unspecified atom stereocenters. The van der Waals surface area contributed by atoms with Gasteiger partial charge < -0.3 is 26.5 Å². The lowest BCUT2D eigenvalue weighted by molar-refractivity contribution is -0.641. The minimum absolute atomic E-state index is 0. The van der Waals surface area contributed by atoms with Crippen molar-refractivity contribution in [3.05, 3.63) is 23.8 Å². The second-order valence-corrected chi connectivity index (χ2v) is 5.07. The van der Waals surface area contributed by atoms with Crippen LogP contribution in [0.5, 0.6) is 0 Å². The number of nitrogens with zero attached hydrogens (tertiary/aromatic N) is 1. The molecular weight excluding hydrogens is 360 g/mol. The van der Waals surface area contributed by atoms with Crippen LogP contribution in [0.2, 0.25) is 0 Å². The maximum Gasteiger partial charge on any atom is 0.348 e. The number of anilines is 1. The van der Waals surface area contributed by atoms with E-state index in [1.807, 2.05) is 0 Å². The first-order valence-electron chi connectivity index (χ1n) is 6.02. The van der Waals surface area contributed by atoms with Crippen LogP contribution < -0.4 is 27.3 Å². The molecule has 0 aliphatic rings. The van der Waals surface area contributed by atoms with Crippen molar-refractivity contribution in [2.45, 2.75) is 13.5 Å². The van der Waals surface area contributed by atoms with Crippen LogP contribution in [0.1, 0.15) is 17.3 Å². The van der Waals surface area contributed by atoms with Gasteiger partial charge in [0.15, 0.2) is 6.54 Å². The van der Waals surface area contributed by atoms with Crippen LogP contribution in [0.3, 0.4) is 0 Å². The van der Waals surface area contributed by atoms with Gasteiger partial charge in [-0.15, -0.1) is 0 Å². The van der Waals surface area contributed by atoms with Gasteiger partial charge in [-0.1, -0.05) is 0 Å². The number of thiazole rings is 1. The number of nitrogen functional groups attached to an aromatic ring is 1. The van der Waals surface area contributed by atoms with Gasteiger partial charge in [-0.2, -0.15) is 0 Å². The Morgan fingerprint density at radius 3 is 2.71 bits per heavy atom. The number of rotatable bonds is 4. The molecule has 0 aliphatic carbocycles. The highest BCUT2D eigenvalue weighted by Crippen LogP contribution is 2.23. The first-order valence-corrected chi connectivity index (χ1v) is 6.84. The lowest BCUT2D eigenvalue weighted by Crippen LogP contribution is -3.00. The predicted molar refractivity (Wildman–Crippen MR) is 74.4 cm³/mol. The van der Waals surface area contributed by atoms with E-state index >= 15 is 0 Å². The predicted octanol–water partition coefficient (Wildman–Crippen LogP) is -1.88. The zero-order valence-electron chi connectivity index (χ0n) is 11.6. The average molecular weight is 375 g/mol. The van der Waals surface area contributed by atoms with E-state index in [4.69, 9.17) is 10.5 Å². The Hall–Kier alpha value is -1.67. The molecule has 1 aromatic heterocycles. The van der Waals surface area contributed by atoms with Gasteiger partial charge in [-0.3, -0.25) is 5.73 Å². The molecule has 0 fully saturated rings. The summed E-state index contributed by atoms with van der Waals surface area (Å²) in [6.45, 7) is 2.12. The maximum absolute atomic E-state index is 11.7. The molecular formula is C13H15BrN2O4S. The molecule has 8 heteroatoms. The Morgan fingerprint density at radius 1 is 1.38 bits per heavy atom. The first-order chi connectivity index (χ1) is 9.56. The number of methoxy groups -OCH3 is 1. The van der Waals surface area contributed by atoms with E-state index in [-0.39, 0.29) is 35.5 Å². The molecule has 0 atom stereocenters. The summed E-state index contributed by atoms with van der Waals surface area (Å²) in [6, 6.07) is 5.11. The van der Waals surface area contributed by atoms with Gasteiger partial charge in [0.25, 0.3) is 0 Å². The van der Waals surface area contributed by atoms with Crippen LogP contribution in [0.25, 0.3) is 10.2 Å². The Balaban J connectivity index is 0.00000220. The fraction of sp³-hybridized carbons (Fsp3) is 0.308. The van der Waals surface area contributed by atoms with E-state index in [0.717, 1.165) is 10.2 Å². The van der Waals surface area contributed by atoms with Crippen molar-refractivity contribution < 1.29 is 40.6 Å². The van der Waals surface area contributed by atoms with E-state index in [1.54, 1.807) is 29.7 Å². The number of halogens is 1. The van der Waals surface area contributed by atoms with Gasteiger partial charge in [0, 0.05) is 0 Å². The fourth-order valence-corrected chi connectivity index (χ4v) is 2.77. The quantitative estimate of drug-likeness (QED) is 0.500. The van der Waals surface area contributed by atoms with Crippen LogP contribution in [-0.4, -0.2) is 25.7 Å². The molecule has 0 bridgehead atoms. The van der Waals surface area contributed by atoms with Crippen molar-refractivity contribution in [2.24, 2.45) is 0 Å². The van der Waals surface area contributed by atoms with Gasteiger partial charge in [0.2, 0.25) is 0 Å². The van der Waals surface area contributed by atoms with Crippen molar-refractivity contribution in [3.63, 3.8) is 0 Å². The van der Waals surface area contributed by atoms with Crippen molar-refractivity contribution in [2.75, 3.05) is 19.5 Å². The number of esters is 2. The molecule has 0 amide bonds. The number of hydrogen-bond acceptors (Lipinski definition) is 6. The number of fused-ring (bicyclic) bond motifs is 1. The highest BCUT2D eigenvalue weighted by Gasteiger charge is 2.19. The minimum Gasteiger partial charge on any atom is -1.00 e. The third-order valence-corrected chi connectivity index (χ3v) is 3.73. The molecule has 0 aliphatic heterocycles. The molecule has 0 spiro atoms. The van der Waals surface area contributed by atoms with Crippen molar-refractivity contribution in [1.82, 2.24) is 0 Å². The van der Waals surface area contributed by atoms with Gasteiger partial charge in [0.05, 0.1) is 24.0 Å². The molecule has 21 heavy (non-hydrogen) atoms. The second-order valence-electron chi connectivity index (χ2n) is 4.01. The highest BCUT2D eigenvalue weighted by molar-refractivity contribution is 7.21. The summed E-state index contributed by atoms with van der Waals surface area (Å²) in [5.74, 6) is -0.753. The Labute approximate surface area is 136 Å². The number of ether oxygens (including phenoxy) is 2. The lowest BCUT2D eigenvalue weighted by Gasteiger charge is -2.01. The van der Waals surface area contributed by atoms with Crippen LogP contribution >= 0.6 is 11.3 Å². The summed E-state index contributed by atoms with van der Waals surface area (Å²) < 4.78 is 12.1. The van der Waals surface area contributed by atoms with Gasteiger partial charge in [-0.05, 0) is 36.5 Å². The Morgan fingerprint density at radius 2 is 2.10 bits per heavy atom. The Bertz CT molecular complexity index is 671. The average Bonchev–Trinajstić information content (AvgIpc) is 2.74. The summed E-state index contributed by atoms with van der Waals surface area (Å²) in [7, 11) is 1.33. The SMILES string of the molecule is CCOC(=O)c1ccc2c(c1)sc(N)[n+]2CC(=O)OC.[Br-]. The van der Waals surface area contributed by atoms with Gasteiger partial charge >= 0.3 is 17.1 Å². The number of carbonyl (C=O) groups is 2. The van der Waals surface area contributed by atoms with Crippen LogP contribution in [-0.2, 0) is 20.8 Å². The summed E-state index contributed by atoms with van der Waals surface area (Å²) in [5.41, 5.74) is 7.15. The maximum atomic E-state index is 11.7. The molecule has 0 radical (unpaired) electrons. The monoisotopic (exact) mass is 374 g/mol. The van der Waals surface area contributed by atoms with Crippen molar-refractivity contribution >= 4 is 38.6 Å². The molecule has 114 valence electrons. The molecule has 2 N–H and O–H groups in total. The number of carbonyl (C=O) groups excluding carboxylic acids is 2. The molecule has 2 rings (SSSR count). The number of benzene rings is 1. The van der Waals surface area contributed by atoms with Crippen LogP contribution in [0.15, 0.2) is 18.2 Å². The van der Waals surface area contributed by atoms with E-state index in [9.17, 15) is 9.59 Å². The second kappa shape index (κ2) is 7.37. The zero-order valence-corrected chi connectivity index (χ0v) is 14.0. The molecule has 1 heterocycles. The van der Waals surface area contributed by atoms with Gasteiger partial charge in [0.1, 0.15) is 5.52 Å². The first kappa shape index (κ1) is 17.4. The molecule has 0 saturated carbocycles. The zero-order chi connectivity index (χ0) is 14.7. The normalized spacial score (nSPS) is 10.0. The van der Waals surface area contributed by atoms with Gasteiger partial charge in [-0.25, -0.2) is 14.2 Å². The third-order valence-electron chi connectivity index (χ3n) is 2.76. The summed E-state index contributed by atoms with van der Waals surface area (Å²) >= 11 is 1.31. The van der Waals surface area contributed by atoms with E-state index < -0.39 is 0 Å². The minimum atomic E-state index is -0.379. The fourth-order valence-electron chi connectivity index (χ4n) is 1.80. The van der Waals surface area contributed by atoms with E-state index in [2.05, 4.69) is 4.74 Å². The summed E-state index contributed by atoms with van der Waals surface area (Å²) in [4.78, 5) is 23.0. The summed E-state index contributed by atoms with van der Waals surface area (Å²) in [6.07, 6.45) is 0. The molecule has 0 saturated heterocycles. The van der Waals surface area contributed by atoms with Crippen molar-refractivity contribution in [1.29, 1.82) is 0 Å². The standard InChI is InChI=1S/C13H14N2O4S.BrH/c1-3-19-12(17)8-4-5-9-10(6-8)20-13(14)15(9)7-11(16)18-2;/h4-6,14H,3,7H2,1-2H3;1H. The molecule has 2 aromatic rings. The van der Waals surface area contributed by atoms with Crippen LogP contribution in [0, 0.1) is 0 Å². The topological polar surface area (TPSA) is 82.5 Å². The van der Waals surface area contributed by atoms with E-state index in [1.165, 1.54) is 18.4 Å². The van der Waals surface area contributed by atoms with Crippen LogP contribution in [0.4, 0.5) is 5.13 Å². The number of aromatic nitrogens is 1. The molecule has 1 aromatic carbocycles. The highest BCUT2D eigenvalue weighted by atomic mass is 79.9. The smallest absolute Gasteiger partial charge is 0.348 e. The summed E-state index contributed by atoms with van der Waals surface area (Å²) in [5, 5.41) is 0.478. The number of hydrogen-bond donors (Lipinski definition) is 1. The largest absolute Gasteiger partial charge is 1.00 e. The Kier molecular flexibility index (Phi) is 6.10. The third kappa shape index (κ3) is 3.70. The molecule has 6 nitrogen and oxygen atoms in total. The van der Waals surface area contributed by atoms with E-state index in [0.29, 0.717) is 17.3 Å². The van der Waals surface area contributed by atoms with Crippen molar-refractivity contribution in [3.8, 4) is 0 Å².